The van der Waals surface area contributed by atoms with E-state index in [9.17, 15) is 28.7 Å². The average Bonchev–Trinajstić information content (AvgIpc) is 3.72. The molecule has 13 nitrogen and oxygen atoms in total. The number of aliphatic imine (C=N–C) groups is 1. The number of esters is 1. The van der Waals surface area contributed by atoms with Gasteiger partial charge in [0.05, 0.1) is 34.5 Å². The van der Waals surface area contributed by atoms with Crippen molar-refractivity contribution in [2.24, 2.45) is 34.1 Å². The number of halogens is 1. The topological polar surface area (TPSA) is 156 Å². The van der Waals surface area contributed by atoms with E-state index >= 15 is 0 Å². The molecular weight excluding hydrogens is 804 g/mol. The van der Waals surface area contributed by atoms with E-state index in [0.717, 1.165) is 5.71 Å². The Hall–Kier alpha value is -4.20. The summed E-state index contributed by atoms with van der Waals surface area (Å²) in [5.41, 5.74) is -0.956. The standard InChI is InChI=1S/C46H61FN4O9S/c1-11-35-46(8)39-27(4)36(48-20-21-51(39)44(56)60-46)25(2)24-45(7,19-13-16-32-17-18-34(61-32)41(54)49-31-15-12-14-30(47)23-31)40(28(5)37(52)29(6)42(55)58-35)59-43-38(53)33(50(9)10)22-26(3)57-43/h12,14-15,17-18,23,25-29,33,35,38-40,43,53H,11,19-22,24H2,1-10H3,(H,49,54)/t25-,26-,27-,28+,29-,33+,35+,38-,39-,40-,43?,45+,46-/m1/s1. The van der Waals surface area contributed by atoms with E-state index in [-0.39, 0.29) is 30.4 Å². The molecule has 0 spiro atoms. The summed E-state index contributed by atoms with van der Waals surface area (Å²) in [6, 6.07) is 8.28. The van der Waals surface area contributed by atoms with Crippen LogP contribution in [0.25, 0.3) is 0 Å². The smallest absolute Gasteiger partial charge is 0.410 e. The number of ether oxygens (including phenoxy) is 4. The minimum absolute atomic E-state index is 0.199. The van der Waals surface area contributed by atoms with Crippen LogP contribution in [0.2, 0.25) is 0 Å². The van der Waals surface area contributed by atoms with Gasteiger partial charge in [0.25, 0.3) is 5.91 Å². The van der Waals surface area contributed by atoms with E-state index in [1.165, 1.54) is 36.5 Å². The van der Waals surface area contributed by atoms with E-state index in [4.69, 9.17) is 23.9 Å². The summed E-state index contributed by atoms with van der Waals surface area (Å²) < 4.78 is 39.3. The second-order valence-electron chi connectivity index (χ2n) is 18.0. The quantitative estimate of drug-likeness (QED) is 0.177. The van der Waals surface area contributed by atoms with E-state index in [2.05, 4.69) is 24.1 Å². The van der Waals surface area contributed by atoms with E-state index in [1.807, 2.05) is 53.6 Å². The summed E-state index contributed by atoms with van der Waals surface area (Å²) in [5, 5.41) is 14.4. The second-order valence-corrected chi connectivity index (χ2v) is 19.1. The van der Waals surface area contributed by atoms with Gasteiger partial charge in [-0.25, -0.2) is 9.18 Å². The number of Topliss-reactive ketones (excluding diaryl/α,β-unsaturated/α-hetero) is 1. The van der Waals surface area contributed by atoms with Crippen LogP contribution in [0, 0.1) is 46.7 Å². The molecule has 2 bridgehead atoms. The number of cyclic esters (lactones) is 1. The fraction of sp³-hybridized carbons (Fsp3) is 0.630. The highest BCUT2D eigenvalue weighted by Gasteiger charge is 2.60. The van der Waals surface area contributed by atoms with Gasteiger partial charge in [0.2, 0.25) is 0 Å². The van der Waals surface area contributed by atoms with Crippen LogP contribution in [0.1, 0.15) is 95.6 Å². The normalized spacial score (nSPS) is 35.9. The Bertz CT molecular complexity index is 2070. The van der Waals surface area contributed by atoms with Crippen LogP contribution in [0.4, 0.5) is 14.9 Å². The van der Waals surface area contributed by atoms with Crippen LogP contribution >= 0.6 is 11.3 Å². The maximum absolute atomic E-state index is 14.7. The van der Waals surface area contributed by atoms with Crippen molar-refractivity contribution in [1.82, 2.24) is 9.80 Å². The Morgan fingerprint density at radius 3 is 2.54 bits per heavy atom. The lowest BCUT2D eigenvalue weighted by atomic mass is 9.66. The molecule has 2 amide bonds. The number of aliphatic hydroxyl groups excluding tert-OH is 1. The van der Waals surface area contributed by atoms with E-state index in [0.29, 0.717) is 47.8 Å². The van der Waals surface area contributed by atoms with Crippen LogP contribution < -0.4 is 5.32 Å². The van der Waals surface area contributed by atoms with Crippen molar-refractivity contribution in [2.45, 2.75) is 129 Å². The maximum Gasteiger partial charge on any atom is 0.410 e. The SMILES string of the molecule is CC[C@@H]1OC(=O)[C@H](C)C(=O)[C@H](C)[C@@H](OC2O[C@H](C)C[C@H](N(C)C)[C@H]2O)[C@@](C)(CC#Cc2ccc(C(=O)Nc3cccc(F)c3)s2)C[C@@H](C)C2=NCCN3C(=O)O[C@@]1(C)[C@H]3[C@@H]2C. The summed E-state index contributed by atoms with van der Waals surface area (Å²) in [6.45, 7) is 15.7. The Morgan fingerprint density at radius 2 is 1.85 bits per heavy atom. The van der Waals surface area contributed by atoms with Crippen molar-refractivity contribution in [3.8, 4) is 11.8 Å². The van der Waals surface area contributed by atoms with Crippen molar-refractivity contribution in [2.75, 3.05) is 32.5 Å². The number of ketones is 1. The summed E-state index contributed by atoms with van der Waals surface area (Å²) in [6.07, 6.45) is -3.15. The molecule has 5 heterocycles. The number of hydrogen-bond donors (Lipinski definition) is 2. The molecule has 4 aliphatic heterocycles. The molecule has 0 saturated carbocycles. The predicted octanol–water partition coefficient (Wildman–Crippen LogP) is 6.57. The van der Waals surface area contributed by atoms with Gasteiger partial charge in [0.1, 0.15) is 23.9 Å². The number of rotatable bonds is 7. The first kappa shape index (κ1) is 46.3. The van der Waals surface area contributed by atoms with Crippen LogP contribution in [-0.2, 0) is 28.5 Å². The van der Waals surface area contributed by atoms with Crippen molar-refractivity contribution in [1.29, 1.82) is 0 Å². The number of amides is 2. The number of carbonyl (C=O) groups excluding carboxylic acids is 4. The highest BCUT2D eigenvalue weighted by Crippen LogP contribution is 2.46. The first-order chi connectivity index (χ1) is 28.8. The number of nitrogens with one attached hydrogen (secondary N) is 1. The lowest BCUT2D eigenvalue weighted by Crippen LogP contribution is -2.58. The van der Waals surface area contributed by atoms with Crippen molar-refractivity contribution < 1.29 is 47.6 Å². The Kier molecular flexibility index (Phi) is 14.2. The first-order valence-corrected chi connectivity index (χ1v) is 22.2. The molecule has 0 radical (unpaired) electrons. The van der Waals surface area contributed by atoms with Gasteiger partial charge < -0.3 is 34.3 Å². The fourth-order valence-corrected chi connectivity index (χ4v) is 10.9. The van der Waals surface area contributed by atoms with Crippen molar-refractivity contribution in [3.05, 3.63) is 52.0 Å². The van der Waals surface area contributed by atoms with Crippen molar-refractivity contribution >= 4 is 46.5 Å². The summed E-state index contributed by atoms with van der Waals surface area (Å²) >= 11 is 1.19. The summed E-state index contributed by atoms with van der Waals surface area (Å²) in [5.74, 6) is 1.93. The second kappa shape index (κ2) is 18.6. The van der Waals surface area contributed by atoms with Gasteiger partial charge in [-0.05, 0) is 90.4 Å². The molecule has 3 fully saturated rings. The number of carbonyl (C=O) groups is 4. The van der Waals surface area contributed by atoms with Crippen LogP contribution in [0.5, 0.6) is 0 Å². The van der Waals surface area contributed by atoms with Crippen molar-refractivity contribution in [3.63, 3.8) is 0 Å². The van der Waals surface area contributed by atoms with E-state index in [1.54, 1.807) is 30.0 Å². The number of anilines is 1. The van der Waals surface area contributed by atoms with Crippen LogP contribution in [-0.4, -0.2) is 120 Å². The molecule has 6 rings (SSSR count). The molecule has 61 heavy (non-hydrogen) atoms. The monoisotopic (exact) mass is 864 g/mol. The number of hydrogen-bond acceptors (Lipinski definition) is 12. The molecule has 2 N–H and O–H groups in total. The third-order valence-electron chi connectivity index (χ3n) is 13.1. The highest BCUT2D eigenvalue weighted by molar-refractivity contribution is 7.14. The van der Waals surface area contributed by atoms with Gasteiger partial charge in [-0.3, -0.25) is 24.3 Å². The van der Waals surface area contributed by atoms with Gasteiger partial charge in [-0.1, -0.05) is 52.5 Å². The number of thiophene rings is 1. The molecule has 1 aromatic carbocycles. The molecule has 1 unspecified atom stereocenters. The Balaban J connectivity index is 1.41. The largest absolute Gasteiger partial charge is 0.458 e. The zero-order valence-corrected chi connectivity index (χ0v) is 37.7. The summed E-state index contributed by atoms with van der Waals surface area (Å²) in [7, 11) is 3.78. The van der Waals surface area contributed by atoms with E-state index < -0.39 is 83.1 Å². The molecule has 332 valence electrons. The molecule has 3 saturated heterocycles. The van der Waals surface area contributed by atoms with Gasteiger partial charge in [0.15, 0.2) is 17.7 Å². The maximum atomic E-state index is 14.7. The highest BCUT2D eigenvalue weighted by atomic mass is 32.1. The first-order valence-electron chi connectivity index (χ1n) is 21.4. The van der Waals surface area contributed by atoms with Crippen LogP contribution in [0.15, 0.2) is 41.4 Å². The molecule has 1 aromatic heterocycles. The predicted molar refractivity (Wildman–Crippen MR) is 230 cm³/mol. The average molecular weight is 865 g/mol. The Morgan fingerprint density at radius 1 is 1.11 bits per heavy atom. The zero-order valence-electron chi connectivity index (χ0n) is 36.9. The molecule has 2 aromatic rings. The third kappa shape index (κ3) is 9.59. The molecular formula is C46H61FN4O9S. The molecule has 0 aliphatic carbocycles. The number of fused-ring (bicyclic) bond motifs is 1. The lowest BCUT2D eigenvalue weighted by Gasteiger charge is -2.47. The fourth-order valence-electron chi connectivity index (χ4n) is 10.1. The third-order valence-corrected chi connectivity index (χ3v) is 14.1. The molecule has 4 aliphatic rings. The van der Waals surface area contributed by atoms with Gasteiger partial charge in [0, 0.05) is 47.7 Å². The molecule has 15 heteroatoms. The minimum atomic E-state index is -1.22. The van der Waals surface area contributed by atoms with Crippen LogP contribution in [0.3, 0.4) is 0 Å². The van der Waals surface area contributed by atoms with Gasteiger partial charge in [-0.15, -0.1) is 11.3 Å². The number of benzene rings is 1. The molecule has 13 atom stereocenters. The number of likely N-dealkylation sites (N-methyl/N-ethyl adjacent to an activating group) is 1. The summed E-state index contributed by atoms with van der Waals surface area (Å²) in [4.78, 5) is 65.0. The lowest BCUT2D eigenvalue weighted by molar-refractivity contribution is -0.286. The number of aliphatic hydroxyl groups is 1. The Labute approximate surface area is 362 Å². The minimum Gasteiger partial charge on any atom is -0.458 e. The zero-order chi connectivity index (χ0) is 44.6. The van der Waals surface area contributed by atoms with Gasteiger partial charge >= 0.3 is 12.1 Å². The van der Waals surface area contributed by atoms with Gasteiger partial charge in [-0.2, -0.15) is 0 Å². The number of nitrogens with zero attached hydrogens (tertiary/aromatic N) is 3.